The van der Waals surface area contributed by atoms with Crippen molar-refractivity contribution in [1.29, 1.82) is 0 Å². The van der Waals surface area contributed by atoms with E-state index < -0.39 is 25.7 Å². The second kappa shape index (κ2) is 6.49. The summed E-state index contributed by atoms with van der Waals surface area (Å²) in [5.41, 5.74) is 0.295. The molecule has 0 aromatic rings. The van der Waals surface area contributed by atoms with Crippen LogP contribution in [0.4, 0.5) is 0 Å². The Morgan fingerprint density at radius 2 is 2.05 bits per heavy atom. The highest BCUT2D eigenvalue weighted by atomic mass is 31.2. The Labute approximate surface area is 117 Å². The average molecular weight is 306 g/mol. The number of carbonyl (C=O) groups is 2. The van der Waals surface area contributed by atoms with Crippen LogP contribution in [-0.4, -0.2) is 34.0 Å². The van der Waals surface area contributed by atoms with E-state index in [9.17, 15) is 19.0 Å². The number of carbonyl (C=O) groups excluding carboxylic acids is 2. The summed E-state index contributed by atoms with van der Waals surface area (Å²) >= 11 is 0. The lowest BCUT2D eigenvalue weighted by molar-refractivity contribution is -0.149. The van der Waals surface area contributed by atoms with Gasteiger partial charge in [0.2, 0.25) is 0 Å². The molecular formula is C11H19N2O6P. The number of hydroxylamine groups is 2. The van der Waals surface area contributed by atoms with Gasteiger partial charge < -0.3 is 9.63 Å². The molecule has 8 nitrogen and oxygen atoms in total. The molecule has 20 heavy (non-hydrogen) atoms. The highest BCUT2D eigenvalue weighted by molar-refractivity contribution is 7.50. The quantitative estimate of drug-likeness (QED) is 0.559. The van der Waals surface area contributed by atoms with Crippen LogP contribution in [0.3, 0.4) is 0 Å². The van der Waals surface area contributed by atoms with E-state index in [2.05, 4.69) is 11.7 Å². The molecule has 2 atom stereocenters. The van der Waals surface area contributed by atoms with Crippen molar-refractivity contribution in [2.24, 2.45) is 0 Å². The van der Waals surface area contributed by atoms with Crippen LogP contribution >= 0.6 is 7.75 Å². The van der Waals surface area contributed by atoms with Crippen molar-refractivity contribution in [2.45, 2.75) is 45.8 Å². The lowest BCUT2D eigenvalue weighted by atomic mass is 10.3. The van der Waals surface area contributed by atoms with Gasteiger partial charge in [0.15, 0.2) is 0 Å². The van der Waals surface area contributed by atoms with E-state index in [0.717, 1.165) is 0 Å². The topological polar surface area (TPSA) is 105 Å². The van der Waals surface area contributed by atoms with Gasteiger partial charge in [-0.15, -0.1) is 0 Å². The smallest absolute Gasteiger partial charge is 0.425 e. The van der Waals surface area contributed by atoms with Crippen LogP contribution in [-0.2, 0) is 23.5 Å². The Balaban J connectivity index is 2.61. The Bertz CT molecular complexity index is 448. The van der Waals surface area contributed by atoms with Crippen molar-refractivity contribution in [3.63, 3.8) is 0 Å². The van der Waals surface area contributed by atoms with Gasteiger partial charge in [-0.25, -0.2) is 9.65 Å². The van der Waals surface area contributed by atoms with Crippen molar-refractivity contribution < 1.29 is 28.4 Å². The Morgan fingerprint density at radius 1 is 1.45 bits per heavy atom. The number of allylic oxidation sites excluding steroid dienone is 1. The van der Waals surface area contributed by atoms with Crippen LogP contribution in [0.15, 0.2) is 12.3 Å². The van der Waals surface area contributed by atoms with Crippen molar-refractivity contribution in [2.75, 3.05) is 0 Å². The maximum Gasteiger partial charge on any atom is 0.425 e. The number of amides is 1. The van der Waals surface area contributed by atoms with E-state index in [1.165, 1.54) is 6.92 Å². The van der Waals surface area contributed by atoms with Gasteiger partial charge in [0.1, 0.15) is 6.04 Å². The molecule has 1 saturated heterocycles. The van der Waals surface area contributed by atoms with Gasteiger partial charge in [0.25, 0.3) is 5.91 Å². The molecule has 1 rings (SSSR count). The van der Waals surface area contributed by atoms with Crippen LogP contribution in [0.5, 0.6) is 0 Å². The van der Waals surface area contributed by atoms with Gasteiger partial charge in [-0.3, -0.25) is 9.59 Å². The monoisotopic (exact) mass is 306 g/mol. The van der Waals surface area contributed by atoms with Crippen LogP contribution < -0.4 is 5.09 Å². The summed E-state index contributed by atoms with van der Waals surface area (Å²) in [6.45, 7) is 8.23. The van der Waals surface area contributed by atoms with Gasteiger partial charge in [0.05, 0.1) is 6.10 Å². The van der Waals surface area contributed by atoms with Gasteiger partial charge in [-0.1, -0.05) is 6.58 Å². The summed E-state index contributed by atoms with van der Waals surface area (Å²) in [6.07, 6.45) is 0.193. The fourth-order valence-electron chi connectivity index (χ4n) is 1.50. The van der Waals surface area contributed by atoms with Gasteiger partial charge >= 0.3 is 13.7 Å². The maximum atomic E-state index is 11.8. The van der Waals surface area contributed by atoms with E-state index in [0.29, 0.717) is 17.2 Å². The minimum atomic E-state index is -4.38. The fraction of sp³-hybridized carbons (Fsp3) is 0.636. The summed E-state index contributed by atoms with van der Waals surface area (Å²) in [5, 5.41) is 2.80. The first-order valence-electron chi connectivity index (χ1n) is 6.14. The Morgan fingerprint density at radius 3 is 2.50 bits per heavy atom. The zero-order valence-electron chi connectivity index (χ0n) is 11.7. The molecule has 9 heteroatoms. The summed E-state index contributed by atoms with van der Waals surface area (Å²) in [7, 11) is -4.38. The van der Waals surface area contributed by atoms with Gasteiger partial charge in [-0.2, -0.15) is 9.69 Å². The van der Waals surface area contributed by atoms with E-state index in [-0.39, 0.29) is 12.5 Å². The molecule has 1 heterocycles. The van der Waals surface area contributed by atoms with Crippen molar-refractivity contribution >= 4 is 19.6 Å². The predicted octanol–water partition coefficient (Wildman–Crippen LogP) is 1.08. The molecule has 0 saturated carbocycles. The summed E-state index contributed by atoms with van der Waals surface area (Å²) in [4.78, 5) is 32.6. The molecule has 1 aliphatic heterocycles. The zero-order chi connectivity index (χ0) is 15.5. The van der Waals surface area contributed by atoms with E-state index >= 15 is 0 Å². The van der Waals surface area contributed by atoms with Crippen LogP contribution in [0.25, 0.3) is 0 Å². The standard InChI is InChI=1S/C11H19N2O6P/c1-7(2)18-11(15)9(4)12-20(16,17)19-13-8(3)5-6-10(13)14/h7,9H,3,5-6H2,1-2,4H3,(H2,12,16,17)/t9-/m0/s1. The van der Waals surface area contributed by atoms with Crippen molar-refractivity contribution in [1.82, 2.24) is 10.2 Å². The fourth-order valence-corrected chi connectivity index (χ4v) is 2.57. The van der Waals surface area contributed by atoms with Crippen molar-refractivity contribution in [3.8, 4) is 0 Å². The highest BCUT2D eigenvalue weighted by Gasteiger charge is 2.35. The first kappa shape index (κ1) is 16.8. The summed E-state index contributed by atoms with van der Waals surface area (Å²) < 4.78 is 21.4. The molecule has 1 fully saturated rings. The second-order valence-electron chi connectivity index (χ2n) is 4.69. The minimum absolute atomic E-state index is 0.170. The molecule has 0 unspecified atom stereocenters. The third-order valence-electron chi connectivity index (χ3n) is 2.40. The highest BCUT2D eigenvalue weighted by Crippen LogP contribution is 2.41. The molecule has 1 amide bonds. The minimum Gasteiger partial charge on any atom is -0.462 e. The summed E-state index contributed by atoms with van der Waals surface area (Å²) in [5.74, 6) is -1.15. The summed E-state index contributed by atoms with van der Waals surface area (Å²) in [6, 6.07) is -1.06. The van der Waals surface area contributed by atoms with E-state index in [1.807, 2.05) is 0 Å². The Hall–Kier alpha value is -1.21. The second-order valence-corrected chi connectivity index (χ2v) is 6.16. The molecule has 0 bridgehead atoms. The van der Waals surface area contributed by atoms with Crippen LogP contribution in [0.1, 0.15) is 33.6 Å². The number of hydrogen-bond acceptors (Lipinski definition) is 5. The molecule has 0 aromatic carbocycles. The molecule has 1 aliphatic rings. The largest absolute Gasteiger partial charge is 0.462 e. The number of ether oxygens (including phenoxy) is 1. The van der Waals surface area contributed by atoms with E-state index in [1.54, 1.807) is 13.8 Å². The lowest BCUT2D eigenvalue weighted by Gasteiger charge is -2.23. The first-order valence-corrected chi connectivity index (χ1v) is 7.71. The third-order valence-corrected chi connectivity index (χ3v) is 3.49. The van der Waals surface area contributed by atoms with Crippen LogP contribution in [0, 0.1) is 0 Å². The van der Waals surface area contributed by atoms with Crippen molar-refractivity contribution in [3.05, 3.63) is 12.3 Å². The molecule has 114 valence electrons. The molecular weight excluding hydrogens is 287 g/mol. The molecule has 0 aliphatic carbocycles. The number of nitrogens with zero attached hydrogens (tertiary/aromatic N) is 1. The number of esters is 1. The maximum absolute atomic E-state index is 11.8. The Kier molecular flexibility index (Phi) is 5.47. The molecule has 2 N–H and O–H groups in total. The lowest BCUT2D eigenvalue weighted by Crippen LogP contribution is -2.36. The SMILES string of the molecule is C=C1CCC(=O)N1O[P@](=O)(O)N[C@@H](C)C(=O)OC(C)C. The third kappa shape index (κ3) is 4.72. The number of rotatable bonds is 6. The van der Waals surface area contributed by atoms with Gasteiger partial charge in [0, 0.05) is 12.1 Å². The number of hydrogen-bond donors (Lipinski definition) is 2. The first-order chi connectivity index (χ1) is 9.12. The molecule has 0 aromatic heterocycles. The van der Waals surface area contributed by atoms with E-state index in [4.69, 9.17) is 9.36 Å². The average Bonchev–Trinajstić information content (AvgIpc) is 2.58. The zero-order valence-corrected chi connectivity index (χ0v) is 12.6. The molecule has 0 spiro atoms. The molecule has 0 radical (unpaired) electrons. The number of nitrogens with one attached hydrogen (secondary N) is 1. The van der Waals surface area contributed by atoms with Crippen LogP contribution in [0.2, 0.25) is 0 Å². The predicted molar refractivity (Wildman–Crippen MR) is 70.0 cm³/mol. The van der Waals surface area contributed by atoms with Gasteiger partial charge in [-0.05, 0) is 27.2 Å². The normalized spacial score (nSPS) is 20.1.